The summed E-state index contributed by atoms with van der Waals surface area (Å²) in [6.45, 7) is 3.14. The SMILES string of the molecule is CC(=O)[C@@H](C)Oc1ccc(Cl)cc1Cl. The van der Waals surface area contributed by atoms with Crippen molar-refractivity contribution in [3.63, 3.8) is 0 Å². The lowest BCUT2D eigenvalue weighted by Crippen LogP contribution is -2.20. The van der Waals surface area contributed by atoms with Gasteiger partial charge in [0.25, 0.3) is 0 Å². The molecule has 0 amide bonds. The van der Waals surface area contributed by atoms with Crippen LogP contribution in [0.1, 0.15) is 13.8 Å². The highest BCUT2D eigenvalue weighted by Crippen LogP contribution is 2.28. The molecule has 0 aliphatic carbocycles. The third-order valence-corrected chi connectivity index (χ3v) is 2.30. The van der Waals surface area contributed by atoms with Crippen LogP contribution < -0.4 is 4.74 Å². The molecule has 2 nitrogen and oxygen atoms in total. The highest BCUT2D eigenvalue weighted by Gasteiger charge is 2.11. The Bertz CT molecular complexity index is 350. The summed E-state index contributed by atoms with van der Waals surface area (Å²) < 4.78 is 5.32. The normalized spacial score (nSPS) is 12.3. The monoisotopic (exact) mass is 232 g/mol. The van der Waals surface area contributed by atoms with Gasteiger partial charge in [-0.05, 0) is 32.0 Å². The van der Waals surface area contributed by atoms with E-state index in [4.69, 9.17) is 27.9 Å². The second kappa shape index (κ2) is 4.67. The molecule has 14 heavy (non-hydrogen) atoms. The fraction of sp³-hybridized carbons (Fsp3) is 0.300. The topological polar surface area (TPSA) is 26.3 Å². The predicted octanol–water partition coefficient (Wildman–Crippen LogP) is 3.35. The molecular formula is C10H10Cl2O2. The molecule has 0 aliphatic rings. The maximum Gasteiger partial charge on any atom is 0.169 e. The molecular weight excluding hydrogens is 223 g/mol. The molecule has 0 aromatic heterocycles. The quantitative estimate of drug-likeness (QED) is 0.800. The van der Waals surface area contributed by atoms with Crippen LogP contribution in [0.3, 0.4) is 0 Å². The fourth-order valence-electron chi connectivity index (χ4n) is 0.844. The van der Waals surface area contributed by atoms with Crippen molar-refractivity contribution >= 4 is 29.0 Å². The van der Waals surface area contributed by atoms with Crippen LogP contribution in [0.5, 0.6) is 5.75 Å². The van der Waals surface area contributed by atoms with Crippen molar-refractivity contribution in [2.75, 3.05) is 0 Å². The molecule has 1 aromatic carbocycles. The van der Waals surface area contributed by atoms with Gasteiger partial charge in [-0.3, -0.25) is 4.79 Å². The van der Waals surface area contributed by atoms with E-state index in [1.165, 1.54) is 6.92 Å². The van der Waals surface area contributed by atoms with Crippen LogP contribution in [-0.2, 0) is 4.79 Å². The summed E-state index contributed by atoms with van der Waals surface area (Å²) in [6.07, 6.45) is -0.492. The molecule has 0 saturated heterocycles. The Morgan fingerprint density at radius 2 is 2.07 bits per heavy atom. The highest BCUT2D eigenvalue weighted by molar-refractivity contribution is 6.35. The average molecular weight is 233 g/mol. The predicted molar refractivity (Wildman–Crippen MR) is 57.2 cm³/mol. The van der Waals surface area contributed by atoms with Crippen LogP contribution >= 0.6 is 23.2 Å². The number of ketones is 1. The van der Waals surface area contributed by atoms with E-state index in [2.05, 4.69) is 0 Å². The molecule has 0 aliphatic heterocycles. The molecule has 1 rings (SSSR count). The first-order chi connectivity index (χ1) is 6.50. The largest absolute Gasteiger partial charge is 0.481 e. The molecule has 76 valence electrons. The van der Waals surface area contributed by atoms with E-state index < -0.39 is 6.10 Å². The number of carbonyl (C=O) groups excluding carboxylic acids is 1. The summed E-state index contributed by atoms with van der Waals surface area (Å²) in [5.74, 6) is 0.426. The number of carbonyl (C=O) groups is 1. The van der Waals surface area contributed by atoms with Crippen molar-refractivity contribution in [3.8, 4) is 5.75 Å². The van der Waals surface area contributed by atoms with Gasteiger partial charge in [-0.2, -0.15) is 0 Å². The maximum atomic E-state index is 10.9. The van der Waals surface area contributed by atoms with Crippen LogP contribution in [0.25, 0.3) is 0 Å². The Labute approximate surface area is 92.8 Å². The van der Waals surface area contributed by atoms with E-state index >= 15 is 0 Å². The van der Waals surface area contributed by atoms with Gasteiger partial charge in [0.15, 0.2) is 11.9 Å². The van der Waals surface area contributed by atoms with Gasteiger partial charge in [0.05, 0.1) is 5.02 Å². The molecule has 0 unspecified atom stereocenters. The standard InChI is InChI=1S/C10H10Cl2O2/c1-6(13)7(2)14-10-4-3-8(11)5-9(10)12/h3-5,7H,1-2H3/t7-/m1/s1. The van der Waals surface area contributed by atoms with Gasteiger partial charge in [0, 0.05) is 5.02 Å². The first-order valence-electron chi connectivity index (χ1n) is 4.13. The minimum absolute atomic E-state index is 0.0454. The molecule has 0 radical (unpaired) electrons. The molecule has 1 aromatic rings. The fourth-order valence-corrected chi connectivity index (χ4v) is 1.30. The van der Waals surface area contributed by atoms with E-state index in [-0.39, 0.29) is 5.78 Å². The Balaban J connectivity index is 2.82. The van der Waals surface area contributed by atoms with E-state index in [1.807, 2.05) is 0 Å². The summed E-state index contributed by atoms with van der Waals surface area (Å²) in [7, 11) is 0. The minimum Gasteiger partial charge on any atom is -0.481 e. The van der Waals surface area contributed by atoms with Gasteiger partial charge in [-0.1, -0.05) is 23.2 Å². The molecule has 4 heteroatoms. The Hall–Kier alpha value is -0.730. The maximum absolute atomic E-state index is 10.9. The van der Waals surface area contributed by atoms with Crippen LogP contribution in [0.4, 0.5) is 0 Å². The van der Waals surface area contributed by atoms with Gasteiger partial charge in [0.1, 0.15) is 5.75 Å². The lowest BCUT2D eigenvalue weighted by Gasteiger charge is -2.12. The van der Waals surface area contributed by atoms with Crippen molar-refractivity contribution in [3.05, 3.63) is 28.2 Å². The van der Waals surface area contributed by atoms with Crippen LogP contribution in [-0.4, -0.2) is 11.9 Å². The molecule has 1 atom stereocenters. The molecule has 0 fully saturated rings. The Morgan fingerprint density at radius 3 is 2.57 bits per heavy atom. The third-order valence-electron chi connectivity index (χ3n) is 1.77. The summed E-state index contributed by atoms with van der Waals surface area (Å²) in [5, 5.41) is 0.948. The van der Waals surface area contributed by atoms with Gasteiger partial charge in [-0.25, -0.2) is 0 Å². The van der Waals surface area contributed by atoms with Crippen molar-refractivity contribution in [1.29, 1.82) is 0 Å². The van der Waals surface area contributed by atoms with E-state index in [9.17, 15) is 4.79 Å². The van der Waals surface area contributed by atoms with Crippen molar-refractivity contribution < 1.29 is 9.53 Å². The van der Waals surface area contributed by atoms with E-state index in [1.54, 1.807) is 25.1 Å². The Kier molecular flexibility index (Phi) is 3.78. The number of rotatable bonds is 3. The number of halogens is 2. The molecule has 0 N–H and O–H groups in total. The van der Waals surface area contributed by atoms with Crippen LogP contribution in [0.15, 0.2) is 18.2 Å². The lowest BCUT2D eigenvalue weighted by molar-refractivity contribution is -0.122. The number of Topliss-reactive ketones (excluding diaryl/α,β-unsaturated/α-hetero) is 1. The number of ether oxygens (including phenoxy) is 1. The van der Waals surface area contributed by atoms with Crippen LogP contribution in [0.2, 0.25) is 10.0 Å². The van der Waals surface area contributed by atoms with Gasteiger partial charge in [-0.15, -0.1) is 0 Å². The van der Waals surface area contributed by atoms with Gasteiger partial charge >= 0.3 is 0 Å². The number of hydrogen-bond donors (Lipinski definition) is 0. The smallest absolute Gasteiger partial charge is 0.169 e. The minimum atomic E-state index is -0.492. The first kappa shape index (κ1) is 11.3. The molecule has 0 heterocycles. The van der Waals surface area contributed by atoms with Crippen molar-refractivity contribution in [1.82, 2.24) is 0 Å². The zero-order valence-electron chi connectivity index (χ0n) is 7.88. The van der Waals surface area contributed by atoms with Gasteiger partial charge < -0.3 is 4.74 Å². The first-order valence-corrected chi connectivity index (χ1v) is 4.88. The van der Waals surface area contributed by atoms with Crippen LogP contribution in [0, 0.1) is 0 Å². The second-order valence-corrected chi connectivity index (χ2v) is 3.79. The number of benzene rings is 1. The zero-order valence-corrected chi connectivity index (χ0v) is 9.39. The van der Waals surface area contributed by atoms with Crippen molar-refractivity contribution in [2.24, 2.45) is 0 Å². The van der Waals surface area contributed by atoms with Gasteiger partial charge in [0.2, 0.25) is 0 Å². The summed E-state index contributed by atoms with van der Waals surface area (Å²) in [5.41, 5.74) is 0. The molecule has 0 spiro atoms. The summed E-state index contributed by atoms with van der Waals surface area (Å²) >= 11 is 11.6. The zero-order chi connectivity index (χ0) is 10.7. The van der Waals surface area contributed by atoms with E-state index in [0.29, 0.717) is 15.8 Å². The second-order valence-electron chi connectivity index (χ2n) is 2.95. The lowest BCUT2D eigenvalue weighted by atomic mass is 10.3. The summed E-state index contributed by atoms with van der Waals surface area (Å²) in [4.78, 5) is 10.9. The number of hydrogen-bond acceptors (Lipinski definition) is 2. The Morgan fingerprint density at radius 1 is 1.43 bits per heavy atom. The average Bonchev–Trinajstić information content (AvgIpc) is 2.09. The third kappa shape index (κ3) is 2.89. The molecule has 0 bridgehead atoms. The van der Waals surface area contributed by atoms with Crippen molar-refractivity contribution in [2.45, 2.75) is 20.0 Å². The van der Waals surface area contributed by atoms with E-state index in [0.717, 1.165) is 0 Å². The molecule has 0 saturated carbocycles. The highest BCUT2D eigenvalue weighted by atomic mass is 35.5. The summed E-state index contributed by atoms with van der Waals surface area (Å²) in [6, 6.07) is 4.88.